The molecule has 7 nitrogen and oxygen atoms in total. The number of para-hydroxylation sites is 1. The second kappa shape index (κ2) is 7.57. The molecular formula is C25H21N5O2S. The van der Waals surface area contributed by atoms with Crippen LogP contribution >= 0.6 is 12.2 Å². The zero-order valence-corrected chi connectivity index (χ0v) is 18.7. The van der Waals surface area contributed by atoms with E-state index in [0.717, 1.165) is 12.8 Å². The summed E-state index contributed by atoms with van der Waals surface area (Å²) in [6, 6.07) is 18.7. The highest BCUT2D eigenvalue weighted by Gasteiger charge is 2.83. The number of fused-ring (bicyclic) bond motifs is 1. The fraction of sp³-hybridized carbons (Fsp3) is 0.200. The third kappa shape index (κ3) is 2.45. The Morgan fingerprint density at radius 1 is 1.21 bits per heavy atom. The lowest BCUT2D eigenvalue weighted by molar-refractivity contribution is -0.0171. The first kappa shape index (κ1) is 20.9. The van der Waals surface area contributed by atoms with Gasteiger partial charge in [-0.15, -0.1) is 0 Å². The van der Waals surface area contributed by atoms with Crippen LogP contribution in [0.5, 0.6) is 0 Å². The van der Waals surface area contributed by atoms with Gasteiger partial charge in [0.1, 0.15) is 11.6 Å². The molecule has 164 valence electrons. The van der Waals surface area contributed by atoms with Crippen LogP contribution in [0.1, 0.15) is 35.7 Å². The van der Waals surface area contributed by atoms with Crippen LogP contribution in [0.15, 0.2) is 83.3 Å². The fourth-order valence-corrected chi connectivity index (χ4v) is 5.36. The normalized spacial score (nSPS) is 25.6. The molecule has 2 aromatic carbocycles. The number of anilines is 1. The Bertz CT molecular complexity index is 1300. The summed E-state index contributed by atoms with van der Waals surface area (Å²) in [5.41, 5.74) is 4.82. The van der Waals surface area contributed by atoms with Crippen molar-refractivity contribution in [1.82, 2.24) is 5.01 Å². The number of nitrogens with zero attached hydrogens (tertiary/aromatic N) is 4. The quantitative estimate of drug-likeness (QED) is 0.539. The largest absolute Gasteiger partial charge is 0.444 e. The molecule has 1 saturated heterocycles. The SMILES string of the molecule is CCC/C=C/C=N/N1C(=S)N(c2ccccc2)[C@]23OC(N)=C(C#N)[C@]12C(=O)c1ccccc13. The molecule has 2 atom stereocenters. The van der Waals surface area contributed by atoms with E-state index < -0.39 is 11.3 Å². The number of ether oxygens (including phenoxy) is 1. The third-order valence-electron chi connectivity index (χ3n) is 6.21. The van der Waals surface area contributed by atoms with Crippen molar-refractivity contribution in [3.05, 3.63) is 89.3 Å². The standard InChI is InChI=1S/C25H21N5O2S/c1-2-3-4-10-15-28-30-23(33)29(17-11-6-5-7-12-17)25-19-14-9-8-13-18(19)21(31)24(25,30)20(16-26)22(27)32-25/h4-15H,2-3,27H2,1H3/b10-4+,28-15+/t24-,25-/m1/s1. The number of ketones is 1. The third-order valence-corrected chi connectivity index (χ3v) is 6.57. The van der Waals surface area contributed by atoms with Gasteiger partial charge in [-0.3, -0.25) is 9.69 Å². The lowest BCUT2D eigenvalue weighted by Gasteiger charge is -2.38. The highest BCUT2D eigenvalue weighted by Crippen LogP contribution is 2.64. The van der Waals surface area contributed by atoms with E-state index in [0.29, 0.717) is 16.8 Å². The molecule has 1 fully saturated rings. The maximum Gasteiger partial charge on any atom is 0.255 e. The molecule has 0 saturated carbocycles. The molecule has 0 unspecified atom stereocenters. The van der Waals surface area contributed by atoms with Crippen LogP contribution in [-0.2, 0) is 10.5 Å². The number of nitrogens with two attached hydrogens (primary N) is 1. The molecule has 33 heavy (non-hydrogen) atoms. The van der Waals surface area contributed by atoms with Crippen LogP contribution in [-0.4, -0.2) is 27.7 Å². The van der Waals surface area contributed by atoms with Gasteiger partial charge < -0.3 is 10.5 Å². The summed E-state index contributed by atoms with van der Waals surface area (Å²) < 4.78 is 6.32. The predicted octanol–water partition coefficient (Wildman–Crippen LogP) is 3.95. The van der Waals surface area contributed by atoms with E-state index in [4.69, 9.17) is 22.7 Å². The molecule has 2 N–H and O–H groups in total. The highest BCUT2D eigenvalue weighted by atomic mass is 32.1. The van der Waals surface area contributed by atoms with Crippen molar-refractivity contribution in [3.63, 3.8) is 0 Å². The number of hydrogen-bond acceptors (Lipinski definition) is 6. The zero-order valence-electron chi connectivity index (χ0n) is 17.9. The number of hydrogen-bond donors (Lipinski definition) is 1. The molecule has 0 amide bonds. The minimum absolute atomic E-state index is 0.000770. The van der Waals surface area contributed by atoms with Gasteiger partial charge in [-0.05, 0) is 36.8 Å². The van der Waals surface area contributed by atoms with Crippen LogP contribution in [0.3, 0.4) is 0 Å². The first-order valence-corrected chi connectivity index (χ1v) is 11.1. The van der Waals surface area contributed by atoms with Crippen molar-refractivity contribution in [2.45, 2.75) is 31.0 Å². The van der Waals surface area contributed by atoms with Gasteiger partial charge >= 0.3 is 0 Å². The molecule has 0 radical (unpaired) electrons. The average Bonchev–Trinajstić information content (AvgIpc) is 3.30. The Hall–Kier alpha value is -3.96. The van der Waals surface area contributed by atoms with Gasteiger partial charge in [0.25, 0.3) is 5.72 Å². The van der Waals surface area contributed by atoms with E-state index in [1.807, 2.05) is 48.5 Å². The average molecular weight is 456 g/mol. The smallest absolute Gasteiger partial charge is 0.255 e. The van der Waals surface area contributed by atoms with E-state index in [1.165, 1.54) is 5.01 Å². The summed E-state index contributed by atoms with van der Waals surface area (Å²) in [5.74, 6) is -0.434. The van der Waals surface area contributed by atoms with Crippen LogP contribution in [0.25, 0.3) is 0 Å². The van der Waals surface area contributed by atoms with Crippen LogP contribution in [0.4, 0.5) is 5.69 Å². The monoisotopic (exact) mass is 455 g/mol. The van der Waals surface area contributed by atoms with Crippen LogP contribution in [0.2, 0.25) is 0 Å². The van der Waals surface area contributed by atoms with Crippen molar-refractivity contribution < 1.29 is 9.53 Å². The molecule has 0 aromatic heterocycles. The van der Waals surface area contributed by atoms with Gasteiger partial charge in [-0.2, -0.15) is 10.4 Å². The van der Waals surface area contributed by atoms with Crippen molar-refractivity contribution in [1.29, 1.82) is 5.26 Å². The molecule has 2 aliphatic heterocycles. The van der Waals surface area contributed by atoms with Gasteiger partial charge in [-0.25, -0.2) is 5.01 Å². The first-order chi connectivity index (χ1) is 16.1. The van der Waals surface area contributed by atoms with Gasteiger partial charge in [0.05, 0.1) is 0 Å². The number of hydrazone groups is 1. The van der Waals surface area contributed by atoms with Crippen molar-refractivity contribution in [2.24, 2.45) is 10.8 Å². The molecule has 2 aromatic rings. The van der Waals surface area contributed by atoms with Crippen molar-refractivity contribution in [2.75, 3.05) is 4.90 Å². The number of carbonyl (C=O) groups is 1. The Balaban J connectivity index is 1.82. The number of thiocarbonyl (C=S) groups is 1. The summed E-state index contributed by atoms with van der Waals surface area (Å²) in [6.45, 7) is 2.08. The van der Waals surface area contributed by atoms with Crippen LogP contribution < -0.4 is 10.6 Å². The van der Waals surface area contributed by atoms with E-state index in [-0.39, 0.29) is 22.4 Å². The van der Waals surface area contributed by atoms with Gasteiger partial charge in [0.15, 0.2) is 0 Å². The number of benzene rings is 2. The summed E-state index contributed by atoms with van der Waals surface area (Å²) in [4.78, 5) is 15.9. The number of allylic oxidation sites excluding steroid dienone is 2. The molecular weight excluding hydrogens is 434 g/mol. The second-order valence-corrected chi connectivity index (χ2v) is 8.29. The van der Waals surface area contributed by atoms with E-state index in [1.54, 1.807) is 29.3 Å². The summed E-state index contributed by atoms with van der Waals surface area (Å²) in [7, 11) is 0. The molecule has 3 aliphatic rings. The highest BCUT2D eigenvalue weighted by molar-refractivity contribution is 7.80. The van der Waals surface area contributed by atoms with Gasteiger partial charge in [-0.1, -0.05) is 61.9 Å². The Labute approximate surface area is 197 Å². The lowest BCUT2D eigenvalue weighted by Crippen LogP contribution is -2.58. The van der Waals surface area contributed by atoms with Gasteiger partial charge in [0, 0.05) is 23.0 Å². The molecule has 8 heteroatoms. The summed E-state index contributed by atoms with van der Waals surface area (Å²) in [6.07, 6.45) is 7.26. The summed E-state index contributed by atoms with van der Waals surface area (Å²) in [5, 5.41) is 16.4. The molecule has 1 aliphatic carbocycles. The Morgan fingerprint density at radius 3 is 2.67 bits per heavy atom. The number of nitriles is 1. The van der Waals surface area contributed by atoms with E-state index in [2.05, 4.69) is 18.1 Å². The maximum absolute atomic E-state index is 14.1. The molecule has 5 rings (SSSR count). The second-order valence-electron chi connectivity index (χ2n) is 7.93. The van der Waals surface area contributed by atoms with Crippen molar-refractivity contribution in [3.8, 4) is 6.07 Å². The fourth-order valence-electron chi connectivity index (χ4n) is 4.94. The Morgan fingerprint density at radius 2 is 1.94 bits per heavy atom. The number of Topliss-reactive ketones (excluding diaryl/α,β-unsaturated/α-hetero) is 1. The van der Waals surface area contributed by atoms with E-state index >= 15 is 0 Å². The molecule has 0 spiro atoms. The van der Waals surface area contributed by atoms with Gasteiger partial charge in [0.2, 0.25) is 22.3 Å². The topological polar surface area (TPSA) is 94.9 Å². The molecule has 2 heterocycles. The Kier molecular flexibility index (Phi) is 4.80. The number of carbonyl (C=O) groups excluding carboxylic acids is 1. The van der Waals surface area contributed by atoms with Crippen LogP contribution in [0, 0.1) is 11.3 Å². The number of rotatable bonds is 5. The number of unbranched alkanes of at least 4 members (excludes halogenated alkanes) is 1. The van der Waals surface area contributed by atoms with Crippen molar-refractivity contribution >= 4 is 35.0 Å². The molecule has 0 bridgehead atoms. The maximum atomic E-state index is 14.1. The minimum atomic E-state index is -1.67. The zero-order chi connectivity index (χ0) is 23.2. The lowest BCUT2D eigenvalue weighted by atomic mass is 9.81. The van der Waals surface area contributed by atoms with E-state index in [9.17, 15) is 10.1 Å². The predicted molar refractivity (Wildman–Crippen MR) is 129 cm³/mol. The minimum Gasteiger partial charge on any atom is -0.444 e. The first-order valence-electron chi connectivity index (χ1n) is 10.7. The summed E-state index contributed by atoms with van der Waals surface area (Å²) >= 11 is 5.87.